The fraction of sp³-hybridized carbons (Fsp3) is 0.286. The van der Waals surface area contributed by atoms with Crippen molar-refractivity contribution in [3.05, 3.63) is 58.7 Å². The van der Waals surface area contributed by atoms with Crippen LogP contribution in [-0.2, 0) is 5.41 Å². The first kappa shape index (κ1) is 18.4. The number of carbonyl (C=O) groups is 1. The van der Waals surface area contributed by atoms with Crippen LogP contribution in [0.5, 0.6) is 5.75 Å². The van der Waals surface area contributed by atoms with Gasteiger partial charge in [-0.15, -0.1) is 11.8 Å². The van der Waals surface area contributed by atoms with Gasteiger partial charge in [0.25, 0.3) is 0 Å². The summed E-state index contributed by atoms with van der Waals surface area (Å²) in [7, 11) is 0. The second-order valence-electron chi connectivity index (χ2n) is 6.95. The zero-order valence-corrected chi connectivity index (χ0v) is 15.4. The van der Waals surface area contributed by atoms with Crippen LogP contribution < -0.4 is 0 Å². The van der Waals surface area contributed by atoms with E-state index in [1.807, 2.05) is 30.0 Å². The van der Waals surface area contributed by atoms with Crippen LogP contribution in [0.15, 0.2) is 41.3 Å². The summed E-state index contributed by atoms with van der Waals surface area (Å²) < 4.78 is 0. The molecule has 0 spiro atoms. The highest BCUT2D eigenvalue weighted by molar-refractivity contribution is 7.99. The molecule has 1 aliphatic heterocycles. The maximum atomic E-state index is 10.9. The molecule has 2 aromatic carbocycles. The van der Waals surface area contributed by atoms with Crippen LogP contribution in [0.4, 0.5) is 0 Å². The second-order valence-corrected chi connectivity index (χ2v) is 8.08. The number of thioether (sulfide) groups is 1. The van der Waals surface area contributed by atoms with E-state index in [1.165, 1.54) is 28.7 Å². The van der Waals surface area contributed by atoms with Gasteiger partial charge in [-0.1, -0.05) is 37.8 Å². The number of carboxylic acids is 1. The first-order valence-corrected chi connectivity index (χ1v) is 9.29. The van der Waals surface area contributed by atoms with Crippen LogP contribution in [0.1, 0.15) is 53.4 Å². The van der Waals surface area contributed by atoms with Crippen LogP contribution >= 0.6 is 11.8 Å². The summed E-state index contributed by atoms with van der Waals surface area (Å²) in [4.78, 5) is 12.2. The number of aromatic hydroxyl groups is 1. The lowest BCUT2D eigenvalue weighted by molar-refractivity contribution is 0.0693. The van der Waals surface area contributed by atoms with Crippen LogP contribution in [-0.4, -0.2) is 27.0 Å². The molecule has 0 fully saturated rings. The van der Waals surface area contributed by atoms with E-state index in [1.54, 1.807) is 0 Å². The van der Waals surface area contributed by atoms with Gasteiger partial charge in [-0.3, -0.25) is 0 Å². The molecular formula is C21H20O4S. The summed E-state index contributed by atoms with van der Waals surface area (Å²) in [6, 6.07) is 10.0. The molecule has 134 valence electrons. The van der Waals surface area contributed by atoms with E-state index in [9.17, 15) is 15.0 Å². The maximum Gasteiger partial charge on any atom is 0.339 e. The molecule has 3 rings (SSSR count). The Kier molecular flexibility index (Phi) is 4.99. The molecule has 3 N–H and O–H groups in total. The number of aliphatic hydroxyl groups excluding tert-OH is 1. The average Bonchev–Trinajstić information content (AvgIpc) is 2.59. The highest BCUT2D eigenvalue weighted by Gasteiger charge is 2.28. The molecule has 0 saturated heterocycles. The summed E-state index contributed by atoms with van der Waals surface area (Å²) in [5.74, 6) is 5.11. The third-order valence-corrected chi connectivity index (χ3v) is 5.69. The molecule has 1 aliphatic rings. The van der Waals surface area contributed by atoms with Crippen molar-refractivity contribution in [2.24, 2.45) is 0 Å². The van der Waals surface area contributed by atoms with E-state index in [0.717, 1.165) is 17.7 Å². The van der Waals surface area contributed by atoms with Crippen LogP contribution in [0.3, 0.4) is 0 Å². The third-order valence-electron chi connectivity index (χ3n) is 4.61. The number of rotatable bonds is 2. The van der Waals surface area contributed by atoms with E-state index >= 15 is 0 Å². The fourth-order valence-corrected chi connectivity index (χ4v) is 4.44. The number of aromatic carboxylic acids is 1. The van der Waals surface area contributed by atoms with Gasteiger partial charge in [-0.2, -0.15) is 0 Å². The van der Waals surface area contributed by atoms with Crippen molar-refractivity contribution in [2.45, 2.75) is 36.7 Å². The van der Waals surface area contributed by atoms with Gasteiger partial charge in [0.05, 0.1) is 0 Å². The Bertz CT molecular complexity index is 921. The molecule has 0 radical (unpaired) electrons. The number of hydrogen-bond donors (Lipinski definition) is 3. The van der Waals surface area contributed by atoms with Crippen molar-refractivity contribution in [3.63, 3.8) is 0 Å². The molecule has 0 saturated carbocycles. The van der Waals surface area contributed by atoms with E-state index in [-0.39, 0.29) is 16.7 Å². The van der Waals surface area contributed by atoms with Crippen molar-refractivity contribution in [1.82, 2.24) is 0 Å². The monoisotopic (exact) mass is 368 g/mol. The summed E-state index contributed by atoms with van der Waals surface area (Å²) in [6.07, 6.45) is 0.134. The number of carboxylic acid groups (broad SMARTS) is 1. The smallest absolute Gasteiger partial charge is 0.339 e. The summed E-state index contributed by atoms with van der Waals surface area (Å²) in [6.45, 7) is 4.42. The highest BCUT2D eigenvalue weighted by Crippen LogP contribution is 2.42. The topological polar surface area (TPSA) is 77.8 Å². The number of phenols is 1. The lowest BCUT2D eigenvalue weighted by Gasteiger charge is -2.32. The minimum Gasteiger partial charge on any atom is -0.507 e. The van der Waals surface area contributed by atoms with Crippen molar-refractivity contribution in [3.8, 4) is 17.6 Å². The number of benzene rings is 2. The zero-order chi connectivity index (χ0) is 18.9. The van der Waals surface area contributed by atoms with Gasteiger partial charge >= 0.3 is 5.97 Å². The Morgan fingerprint density at radius 2 is 2.00 bits per heavy atom. The van der Waals surface area contributed by atoms with Gasteiger partial charge in [-0.05, 0) is 53.0 Å². The Labute approximate surface area is 156 Å². The van der Waals surface area contributed by atoms with Gasteiger partial charge in [0.2, 0.25) is 0 Å². The quantitative estimate of drug-likeness (QED) is 0.700. The molecule has 1 unspecified atom stereocenters. The Hall–Kier alpha value is -2.42. The van der Waals surface area contributed by atoms with Crippen molar-refractivity contribution < 1.29 is 20.1 Å². The summed E-state index contributed by atoms with van der Waals surface area (Å²) >= 11 is 1.83. The number of fused-ring (bicyclic) bond motifs is 1. The Morgan fingerprint density at radius 3 is 2.69 bits per heavy atom. The van der Waals surface area contributed by atoms with Gasteiger partial charge in [0.1, 0.15) is 17.4 Å². The van der Waals surface area contributed by atoms with E-state index < -0.39 is 12.1 Å². The van der Waals surface area contributed by atoms with E-state index in [2.05, 4.69) is 25.7 Å². The Morgan fingerprint density at radius 1 is 1.23 bits per heavy atom. The average molecular weight is 368 g/mol. The summed E-state index contributed by atoms with van der Waals surface area (Å²) in [5.41, 5.74) is 2.31. The predicted octanol–water partition coefficient (Wildman–Crippen LogP) is 3.95. The van der Waals surface area contributed by atoms with E-state index in [0.29, 0.717) is 5.56 Å². The molecular weight excluding hydrogens is 348 g/mol. The second kappa shape index (κ2) is 7.06. The van der Waals surface area contributed by atoms with Gasteiger partial charge < -0.3 is 15.3 Å². The lowest BCUT2D eigenvalue weighted by atomic mass is 9.81. The van der Waals surface area contributed by atoms with E-state index in [4.69, 9.17) is 5.11 Å². The molecule has 4 nitrogen and oxygen atoms in total. The minimum absolute atomic E-state index is 0.0716. The van der Waals surface area contributed by atoms with Crippen LogP contribution in [0, 0.1) is 11.8 Å². The SMILES string of the molecule is CC1(C)CCSc2ccc(C(O)C#Cc3ccc(C(=O)O)c(O)c3)cc21. The molecule has 0 bridgehead atoms. The van der Waals surface area contributed by atoms with Crippen LogP contribution in [0.2, 0.25) is 0 Å². The molecule has 1 heterocycles. The van der Waals surface area contributed by atoms with Crippen molar-refractivity contribution in [2.75, 3.05) is 5.75 Å². The Balaban J connectivity index is 1.86. The standard InChI is InChI=1S/C21H20O4S/c1-21(2)9-10-26-19-8-5-14(12-16(19)21)17(22)7-4-13-3-6-15(20(24)25)18(23)11-13/h3,5-6,8,11-12,17,22-23H,9-10H2,1-2H3,(H,24,25). The first-order valence-electron chi connectivity index (χ1n) is 8.31. The molecule has 5 heteroatoms. The minimum atomic E-state index is -1.20. The van der Waals surface area contributed by atoms with Crippen molar-refractivity contribution >= 4 is 17.7 Å². The zero-order valence-electron chi connectivity index (χ0n) is 14.6. The van der Waals surface area contributed by atoms with Gasteiger partial charge in [-0.25, -0.2) is 4.79 Å². The third kappa shape index (κ3) is 3.72. The van der Waals surface area contributed by atoms with Gasteiger partial charge in [0, 0.05) is 10.5 Å². The lowest BCUT2D eigenvalue weighted by Crippen LogP contribution is -2.23. The number of aliphatic hydroxyl groups is 1. The molecule has 26 heavy (non-hydrogen) atoms. The summed E-state index contributed by atoms with van der Waals surface area (Å²) in [5, 5.41) is 29.1. The molecule has 0 aromatic heterocycles. The fourth-order valence-electron chi connectivity index (χ4n) is 2.95. The van der Waals surface area contributed by atoms with Crippen LogP contribution in [0.25, 0.3) is 0 Å². The molecule has 0 amide bonds. The highest BCUT2D eigenvalue weighted by atomic mass is 32.2. The molecule has 1 atom stereocenters. The first-order chi connectivity index (χ1) is 12.3. The maximum absolute atomic E-state index is 10.9. The largest absolute Gasteiger partial charge is 0.507 e. The normalized spacial score (nSPS) is 16.1. The number of hydrogen-bond acceptors (Lipinski definition) is 4. The molecule has 2 aromatic rings. The van der Waals surface area contributed by atoms with Gasteiger partial charge in [0.15, 0.2) is 0 Å². The van der Waals surface area contributed by atoms with Crippen molar-refractivity contribution in [1.29, 1.82) is 0 Å². The predicted molar refractivity (Wildman–Crippen MR) is 102 cm³/mol. The molecule has 0 aliphatic carbocycles.